The molecule has 0 unspecified atom stereocenters. The minimum absolute atomic E-state index is 0.283. The third-order valence-electron chi connectivity index (χ3n) is 4.50. The molecule has 1 aliphatic carbocycles. The van der Waals surface area contributed by atoms with Crippen molar-refractivity contribution in [3.8, 4) is 0 Å². The van der Waals surface area contributed by atoms with Crippen LogP contribution in [0.25, 0.3) is 0 Å². The standard InChI is InChI=1S/C20H32O2/c1-14(2)18-10-9-15(3)7-6-8-16(4)11-19(21)12-17(5)20(22)13-18/h8-9,12,18-22H,1,6-7,10-11,13H2,2-5H3/b15-9-,16-8+,17-12-/t18-,19-,20+/m0/s1. The Balaban J connectivity index is 2.98. The van der Waals surface area contributed by atoms with Crippen molar-refractivity contribution >= 4 is 0 Å². The fourth-order valence-corrected chi connectivity index (χ4v) is 2.83. The number of hydrogen-bond donors (Lipinski definition) is 2. The second-order valence-corrected chi connectivity index (χ2v) is 6.85. The Labute approximate surface area is 135 Å². The molecule has 0 saturated heterocycles. The fourth-order valence-electron chi connectivity index (χ4n) is 2.83. The molecule has 2 nitrogen and oxygen atoms in total. The maximum Gasteiger partial charge on any atom is 0.0761 e. The quantitative estimate of drug-likeness (QED) is 0.689. The largest absolute Gasteiger partial charge is 0.389 e. The van der Waals surface area contributed by atoms with Crippen LogP contribution in [0.3, 0.4) is 0 Å². The van der Waals surface area contributed by atoms with Crippen molar-refractivity contribution in [3.05, 3.63) is 47.1 Å². The van der Waals surface area contributed by atoms with E-state index in [0.29, 0.717) is 12.8 Å². The summed E-state index contributed by atoms with van der Waals surface area (Å²) in [6.07, 6.45) is 9.56. The zero-order valence-electron chi connectivity index (χ0n) is 14.6. The van der Waals surface area contributed by atoms with Crippen LogP contribution in [0.5, 0.6) is 0 Å². The van der Waals surface area contributed by atoms with E-state index in [1.54, 1.807) is 6.08 Å². The molecule has 2 N–H and O–H groups in total. The van der Waals surface area contributed by atoms with E-state index in [0.717, 1.165) is 30.4 Å². The molecule has 22 heavy (non-hydrogen) atoms. The second-order valence-electron chi connectivity index (χ2n) is 6.85. The molecule has 2 heteroatoms. The van der Waals surface area contributed by atoms with Crippen LogP contribution in [0.1, 0.15) is 59.8 Å². The predicted octanol–water partition coefficient (Wildman–Crippen LogP) is 4.70. The van der Waals surface area contributed by atoms with E-state index in [1.165, 1.54) is 11.1 Å². The molecule has 0 heterocycles. The average molecular weight is 304 g/mol. The Morgan fingerprint density at radius 2 is 1.82 bits per heavy atom. The summed E-state index contributed by atoms with van der Waals surface area (Å²) in [6.45, 7) is 12.2. The lowest BCUT2D eigenvalue weighted by molar-refractivity contribution is 0.176. The summed E-state index contributed by atoms with van der Waals surface area (Å²) in [5, 5.41) is 20.5. The normalized spacial score (nSPS) is 36.1. The summed E-state index contributed by atoms with van der Waals surface area (Å²) in [6, 6.07) is 0. The van der Waals surface area contributed by atoms with Crippen LogP contribution in [0.2, 0.25) is 0 Å². The van der Waals surface area contributed by atoms with Gasteiger partial charge < -0.3 is 10.2 Å². The van der Waals surface area contributed by atoms with Gasteiger partial charge in [-0.25, -0.2) is 0 Å². The van der Waals surface area contributed by atoms with Gasteiger partial charge in [-0.2, -0.15) is 0 Å². The Kier molecular flexibility index (Phi) is 7.84. The lowest BCUT2D eigenvalue weighted by atomic mass is 9.88. The van der Waals surface area contributed by atoms with E-state index >= 15 is 0 Å². The van der Waals surface area contributed by atoms with Crippen molar-refractivity contribution in [1.82, 2.24) is 0 Å². The van der Waals surface area contributed by atoms with E-state index in [4.69, 9.17) is 0 Å². The van der Waals surface area contributed by atoms with Crippen LogP contribution < -0.4 is 0 Å². The predicted molar refractivity (Wildman–Crippen MR) is 94.7 cm³/mol. The van der Waals surface area contributed by atoms with Crippen molar-refractivity contribution in [2.75, 3.05) is 0 Å². The summed E-state index contributed by atoms with van der Waals surface area (Å²) < 4.78 is 0. The highest BCUT2D eigenvalue weighted by molar-refractivity contribution is 5.14. The number of aliphatic hydroxyl groups excluding tert-OH is 2. The van der Waals surface area contributed by atoms with Crippen molar-refractivity contribution in [2.24, 2.45) is 5.92 Å². The molecule has 0 saturated carbocycles. The van der Waals surface area contributed by atoms with Crippen LogP contribution in [0, 0.1) is 5.92 Å². The fraction of sp³-hybridized carbons (Fsp3) is 0.600. The highest BCUT2D eigenvalue weighted by Crippen LogP contribution is 2.25. The molecule has 0 radical (unpaired) electrons. The smallest absolute Gasteiger partial charge is 0.0761 e. The van der Waals surface area contributed by atoms with Crippen LogP contribution in [0.4, 0.5) is 0 Å². The summed E-state index contributed by atoms with van der Waals surface area (Å²) in [4.78, 5) is 0. The maximum absolute atomic E-state index is 10.4. The third-order valence-corrected chi connectivity index (χ3v) is 4.50. The van der Waals surface area contributed by atoms with Crippen LogP contribution in [0.15, 0.2) is 47.1 Å². The van der Waals surface area contributed by atoms with Gasteiger partial charge in [0.05, 0.1) is 12.2 Å². The minimum Gasteiger partial charge on any atom is -0.389 e. The molecule has 0 bridgehead atoms. The van der Waals surface area contributed by atoms with Crippen LogP contribution >= 0.6 is 0 Å². The van der Waals surface area contributed by atoms with Gasteiger partial charge in [0, 0.05) is 0 Å². The molecular weight excluding hydrogens is 272 g/mol. The first-order chi connectivity index (χ1) is 10.3. The molecule has 124 valence electrons. The number of allylic oxidation sites excluding steroid dienone is 4. The Hall–Kier alpha value is -1.12. The topological polar surface area (TPSA) is 40.5 Å². The molecule has 0 aromatic heterocycles. The molecule has 0 amide bonds. The van der Waals surface area contributed by atoms with Gasteiger partial charge in [0.25, 0.3) is 0 Å². The summed E-state index contributed by atoms with van der Waals surface area (Å²) >= 11 is 0. The number of aliphatic hydroxyl groups is 2. The summed E-state index contributed by atoms with van der Waals surface area (Å²) in [7, 11) is 0. The van der Waals surface area contributed by atoms with Gasteiger partial charge in [-0.3, -0.25) is 0 Å². The molecule has 0 fully saturated rings. The zero-order valence-corrected chi connectivity index (χ0v) is 14.6. The lowest BCUT2D eigenvalue weighted by Gasteiger charge is -2.21. The first kappa shape index (κ1) is 18.9. The third kappa shape index (κ3) is 6.76. The molecule has 1 aliphatic rings. The zero-order chi connectivity index (χ0) is 16.7. The van der Waals surface area contributed by atoms with Gasteiger partial charge in [-0.05, 0) is 71.3 Å². The van der Waals surface area contributed by atoms with Gasteiger partial charge in [0.2, 0.25) is 0 Å². The molecule has 0 spiro atoms. The first-order valence-electron chi connectivity index (χ1n) is 8.30. The summed E-state index contributed by atoms with van der Waals surface area (Å²) in [5.41, 5.74) is 4.55. The van der Waals surface area contributed by atoms with Crippen LogP contribution in [-0.2, 0) is 0 Å². The average Bonchev–Trinajstić information content (AvgIpc) is 2.41. The maximum atomic E-state index is 10.4. The van der Waals surface area contributed by atoms with Gasteiger partial charge in [-0.15, -0.1) is 0 Å². The van der Waals surface area contributed by atoms with Gasteiger partial charge >= 0.3 is 0 Å². The molecule has 0 aromatic rings. The van der Waals surface area contributed by atoms with E-state index in [-0.39, 0.29) is 5.92 Å². The molecule has 0 aliphatic heterocycles. The highest BCUT2D eigenvalue weighted by Gasteiger charge is 2.17. The van der Waals surface area contributed by atoms with E-state index in [2.05, 4.69) is 32.6 Å². The van der Waals surface area contributed by atoms with Crippen molar-refractivity contribution < 1.29 is 10.2 Å². The lowest BCUT2D eigenvalue weighted by Crippen LogP contribution is -2.17. The van der Waals surface area contributed by atoms with Gasteiger partial charge in [0.15, 0.2) is 0 Å². The number of rotatable bonds is 1. The Morgan fingerprint density at radius 1 is 1.14 bits per heavy atom. The highest BCUT2D eigenvalue weighted by atomic mass is 16.3. The second kappa shape index (κ2) is 9.12. The molecular formula is C20H32O2. The van der Waals surface area contributed by atoms with Crippen molar-refractivity contribution in [3.63, 3.8) is 0 Å². The SMILES string of the molecule is C=C(C)[C@H]1C/C=C(/C)CC/C=C(\C)C[C@H](O)/C=C(/C)[C@H](O)C1. The monoisotopic (exact) mass is 304 g/mol. The van der Waals surface area contributed by atoms with E-state index in [9.17, 15) is 10.2 Å². The minimum atomic E-state index is -0.520. The summed E-state index contributed by atoms with van der Waals surface area (Å²) in [5.74, 6) is 0.283. The Bertz CT molecular complexity index is 468. The molecule has 3 atom stereocenters. The van der Waals surface area contributed by atoms with E-state index < -0.39 is 12.2 Å². The number of hydrogen-bond acceptors (Lipinski definition) is 2. The van der Waals surface area contributed by atoms with Crippen molar-refractivity contribution in [1.29, 1.82) is 0 Å². The van der Waals surface area contributed by atoms with Gasteiger partial charge in [-0.1, -0.05) is 41.5 Å². The Morgan fingerprint density at radius 3 is 2.45 bits per heavy atom. The molecule has 0 aromatic carbocycles. The van der Waals surface area contributed by atoms with E-state index in [1.807, 2.05) is 13.8 Å². The van der Waals surface area contributed by atoms with Crippen LogP contribution in [-0.4, -0.2) is 22.4 Å². The van der Waals surface area contributed by atoms with Crippen molar-refractivity contribution in [2.45, 2.75) is 72.0 Å². The first-order valence-corrected chi connectivity index (χ1v) is 8.30. The van der Waals surface area contributed by atoms with Gasteiger partial charge in [0.1, 0.15) is 0 Å². The molecule has 1 rings (SSSR count).